The van der Waals surface area contributed by atoms with Crippen molar-refractivity contribution in [2.75, 3.05) is 33.3 Å². The number of carbonyl (C=O) groups excluding carboxylic acids is 2. The summed E-state index contributed by atoms with van der Waals surface area (Å²) in [6.45, 7) is 7.09. The number of benzene rings is 1. The smallest absolute Gasteiger partial charge is 0.255 e. The Hall–Kier alpha value is -2.76. The van der Waals surface area contributed by atoms with Crippen LogP contribution in [-0.2, 0) is 4.79 Å². The molecule has 0 saturated carbocycles. The molecule has 0 N–H and O–H groups in total. The van der Waals surface area contributed by atoms with Gasteiger partial charge in [0.25, 0.3) is 5.91 Å². The van der Waals surface area contributed by atoms with E-state index in [4.69, 9.17) is 4.74 Å². The van der Waals surface area contributed by atoms with Gasteiger partial charge in [-0.3, -0.25) is 9.59 Å². The van der Waals surface area contributed by atoms with Gasteiger partial charge < -0.3 is 19.1 Å². The van der Waals surface area contributed by atoms with E-state index < -0.39 is 0 Å². The topological polar surface area (TPSA) is 54.8 Å². The monoisotopic (exact) mass is 409 g/mol. The molecule has 0 unspecified atom stereocenters. The molecule has 0 bridgehead atoms. The van der Waals surface area contributed by atoms with Gasteiger partial charge in [0, 0.05) is 55.2 Å². The molecular weight excluding hydrogens is 378 g/mol. The van der Waals surface area contributed by atoms with Crippen LogP contribution < -0.4 is 4.74 Å². The maximum atomic E-state index is 13.3. The van der Waals surface area contributed by atoms with Crippen LogP contribution in [0.5, 0.6) is 5.75 Å². The number of methoxy groups -OCH3 is 1. The maximum Gasteiger partial charge on any atom is 0.255 e. The van der Waals surface area contributed by atoms with Gasteiger partial charge in [-0.05, 0) is 57.7 Å². The van der Waals surface area contributed by atoms with Gasteiger partial charge in [0.15, 0.2) is 0 Å². The molecule has 6 heteroatoms. The third-order valence-electron chi connectivity index (χ3n) is 6.52. The molecule has 160 valence electrons. The fraction of sp³-hybridized carbons (Fsp3) is 0.500. The minimum absolute atomic E-state index is 0.0596. The van der Waals surface area contributed by atoms with Crippen LogP contribution in [0.4, 0.5) is 0 Å². The van der Waals surface area contributed by atoms with Crippen LogP contribution in [0.1, 0.15) is 47.4 Å². The molecule has 0 radical (unpaired) electrons. The number of aryl methyl sites for hydroxylation is 1. The molecule has 2 aromatic rings. The second kappa shape index (κ2) is 8.54. The summed E-state index contributed by atoms with van der Waals surface area (Å²) < 4.78 is 7.45. The molecule has 1 aromatic carbocycles. The summed E-state index contributed by atoms with van der Waals surface area (Å²) in [5.41, 5.74) is 3.67. The fourth-order valence-corrected chi connectivity index (χ4v) is 4.82. The summed E-state index contributed by atoms with van der Waals surface area (Å²) >= 11 is 0. The molecule has 2 aliphatic rings. The minimum Gasteiger partial charge on any atom is -0.497 e. The average Bonchev–Trinajstić information content (AvgIpc) is 3.41. The largest absolute Gasteiger partial charge is 0.497 e. The van der Waals surface area contributed by atoms with Gasteiger partial charge in [0.1, 0.15) is 5.75 Å². The highest BCUT2D eigenvalue weighted by Gasteiger charge is 2.32. The zero-order valence-electron chi connectivity index (χ0n) is 18.2. The lowest BCUT2D eigenvalue weighted by atomic mass is 9.95. The Balaban J connectivity index is 1.47. The SMILES string of the molecule is COc1cccc(-n2c(C)cc(C(=O)N3CCC(C(=O)N4CCCC4)CC3)c2C)c1. The molecule has 4 rings (SSSR count). The van der Waals surface area contributed by atoms with Crippen molar-refractivity contribution in [3.8, 4) is 11.4 Å². The zero-order valence-corrected chi connectivity index (χ0v) is 18.2. The molecule has 2 saturated heterocycles. The van der Waals surface area contributed by atoms with Crippen LogP contribution in [0.25, 0.3) is 5.69 Å². The molecule has 0 atom stereocenters. The van der Waals surface area contributed by atoms with Crippen molar-refractivity contribution in [3.63, 3.8) is 0 Å². The summed E-state index contributed by atoms with van der Waals surface area (Å²) in [5.74, 6) is 1.20. The van der Waals surface area contributed by atoms with Crippen molar-refractivity contribution in [2.24, 2.45) is 5.92 Å². The molecule has 30 heavy (non-hydrogen) atoms. The first kappa shape index (κ1) is 20.5. The highest BCUT2D eigenvalue weighted by Crippen LogP contribution is 2.27. The van der Waals surface area contributed by atoms with E-state index in [1.807, 2.05) is 54.0 Å². The van der Waals surface area contributed by atoms with E-state index in [2.05, 4.69) is 4.57 Å². The van der Waals surface area contributed by atoms with E-state index in [0.29, 0.717) is 13.1 Å². The third kappa shape index (κ3) is 3.83. The first-order chi connectivity index (χ1) is 14.5. The summed E-state index contributed by atoms with van der Waals surface area (Å²) in [6, 6.07) is 9.84. The second-order valence-corrected chi connectivity index (χ2v) is 8.42. The molecule has 6 nitrogen and oxygen atoms in total. The number of amides is 2. The number of rotatable bonds is 4. The molecule has 0 aliphatic carbocycles. The van der Waals surface area contributed by atoms with Crippen molar-refractivity contribution in [2.45, 2.75) is 39.5 Å². The van der Waals surface area contributed by atoms with Crippen molar-refractivity contribution in [1.82, 2.24) is 14.4 Å². The number of likely N-dealkylation sites (tertiary alicyclic amines) is 2. The fourth-order valence-electron chi connectivity index (χ4n) is 4.82. The summed E-state index contributed by atoms with van der Waals surface area (Å²) in [7, 11) is 1.65. The van der Waals surface area contributed by atoms with E-state index in [1.54, 1.807) is 7.11 Å². The van der Waals surface area contributed by atoms with Gasteiger partial charge in [0.2, 0.25) is 5.91 Å². The lowest BCUT2D eigenvalue weighted by molar-refractivity contribution is -0.135. The predicted octanol–water partition coefficient (Wildman–Crippen LogP) is 3.58. The quantitative estimate of drug-likeness (QED) is 0.776. The van der Waals surface area contributed by atoms with E-state index >= 15 is 0 Å². The summed E-state index contributed by atoms with van der Waals surface area (Å²) in [5, 5.41) is 0. The number of carbonyl (C=O) groups is 2. The van der Waals surface area contributed by atoms with Crippen LogP contribution in [0, 0.1) is 19.8 Å². The van der Waals surface area contributed by atoms with Gasteiger partial charge in [-0.1, -0.05) is 6.07 Å². The lowest BCUT2D eigenvalue weighted by Gasteiger charge is -2.33. The number of ether oxygens (including phenoxy) is 1. The van der Waals surface area contributed by atoms with E-state index in [-0.39, 0.29) is 17.7 Å². The van der Waals surface area contributed by atoms with Gasteiger partial charge >= 0.3 is 0 Å². The Morgan fingerprint density at radius 3 is 2.33 bits per heavy atom. The maximum absolute atomic E-state index is 13.3. The van der Waals surface area contributed by atoms with Crippen molar-refractivity contribution >= 4 is 11.8 Å². The minimum atomic E-state index is 0.0596. The van der Waals surface area contributed by atoms with Crippen molar-refractivity contribution in [3.05, 3.63) is 47.3 Å². The van der Waals surface area contributed by atoms with Gasteiger partial charge in [-0.2, -0.15) is 0 Å². The van der Waals surface area contributed by atoms with Gasteiger partial charge in [-0.25, -0.2) is 0 Å². The molecule has 2 amide bonds. The summed E-state index contributed by atoms with van der Waals surface area (Å²) in [6.07, 6.45) is 3.75. The highest BCUT2D eigenvalue weighted by atomic mass is 16.5. The first-order valence-electron chi connectivity index (χ1n) is 10.9. The van der Waals surface area contributed by atoms with Crippen LogP contribution in [-0.4, -0.2) is 59.5 Å². The van der Waals surface area contributed by atoms with E-state index in [0.717, 1.165) is 67.2 Å². The van der Waals surface area contributed by atoms with Crippen LogP contribution >= 0.6 is 0 Å². The predicted molar refractivity (Wildman–Crippen MR) is 116 cm³/mol. The van der Waals surface area contributed by atoms with Crippen LogP contribution in [0.2, 0.25) is 0 Å². The van der Waals surface area contributed by atoms with Crippen LogP contribution in [0.15, 0.2) is 30.3 Å². The second-order valence-electron chi connectivity index (χ2n) is 8.42. The Kier molecular flexibility index (Phi) is 5.84. The molecular formula is C24H31N3O3. The van der Waals surface area contributed by atoms with E-state index in [1.165, 1.54) is 0 Å². The molecule has 3 heterocycles. The number of piperidine rings is 1. The number of nitrogens with zero attached hydrogens (tertiary/aromatic N) is 3. The van der Waals surface area contributed by atoms with Crippen LogP contribution in [0.3, 0.4) is 0 Å². The standard InChI is InChI=1S/C24H31N3O3/c1-17-15-22(18(2)27(17)20-7-6-8-21(16-20)30-3)24(29)26-13-9-19(10-14-26)23(28)25-11-4-5-12-25/h6-8,15-16,19H,4-5,9-14H2,1-3H3. The molecule has 2 fully saturated rings. The number of hydrogen-bond acceptors (Lipinski definition) is 3. The molecule has 0 spiro atoms. The van der Waals surface area contributed by atoms with Crippen molar-refractivity contribution < 1.29 is 14.3 Å². The van der Waals surface area contributed by atoms with Gasteiger partial charge in [-0.15, -0.1) is 0 Å². The Morgan fingerprint density at radius 2 is 1.67 bits per heavy atom. The number of aromatic nitrogens is 1. The van der Waals surface area contributed by atoms with Gasteiger partial charge in [0.05, 0.1) is 12.7 Å². The summed E-state index contributed by atoms with van der Waals surface area (Å²) in [4.78, 5) is 29.8. The normalized spacial score (nSPS) is 17.4. The zero-order chi connectivity index (χ0) is 21.3. The molecule has 1 aromatic heterocycles. The number of hydrogen-bond donors (Lipinski definition) is 0. The Morgan fingerprint density at radius 1 is 0.967 bits per heavy atom. The van der Waals surface area contributed by atoms with E-state index in [9.17, 15) is 9.59 Å². The Labute approximate surface area is 178 Å². The lowest BCUT2D eigenvalue weighted by Crippen LogP contribution is -2.43. The van der Waals surface area contributed by atoms with Crippen molar-refractivity contribution in [1.29, 1.82) is 0 Å². The molecule has 2 aliphatic heterocycles. The average molecular weight is 410 g/mol. The first-order valence-corrected chi connectivity index (χ1v) is 10.9. The highest BCUT2D eigenvalue weighted by molar-refractivity contribution is 5.96. The third-order valence-corrected chi connectivity index (χ3v) is 6.52. The Bertz CT molecular complexity index is 935.